The second-order valence-electron chi connectivity index (χ2n) is 8.41. The number of likely N-dealkylation sites (tertiary alicyclic amines) is 1. The van der Waals surface area contributed by atoms with Crippen molar-refractivity contribution in [1.82, 2.24) is 24.3 Å². The van der Waals surface area contributed by atoms with Crippen molar-refractivity contribution in [2.75, 3.05) is 18.8 Å². The quantitative estimate of drug-likeness (QED) is 0.312. The molecule has 2 N–H and O–H groups in total. The van der Waals surface area contributed by atoms with Crippen molar-refractivity contribution < 1.29 is 13.9 Å². The van der Waals surface area contributed by atoms with Gasteiger partial charge in [-0.2, -0.15) is 5.26 Å². The van der Waals surface area contributed by atoms with Gasteiger partial charge in [-0.15, -0.1) is 6.58 Å². The first kappa shape index (κ1) is 25.3. The highest BCUT2D eigenvalue weighted by molar-refractivity contribution is 5.69. The fourth-order valence-corrected chi connectivity index (χ4v) is 4.29. The average Bonchev–Trinajstić information content (AvgIpc) is 3.32. The molecule has 3 aromatic heterocycles. The molecule has 0 spiro atoms. The van der Waals surface area contributed by atoms with E-state index in [-0.39, 0.29) is 29.1 Å². The molecular weight excluding hydrogens is 473 g/mol. The number of anilines is 1. The molecule has 0 saturated carbocycles. The van der Waals surface area contributed by atoms with Crippen LogP contribution in [0.5, 0.6) is 11.6 Å². The van der Waals surface area contributed by atoms with Crippen LogP contribution in [0, 0.1) is 17.1 Å². The summed E-state index contributed by atoms with van der Waals surface area (Å²) < 4.78 is 22.3. The lowest BCUT2D eigenvalue weighted by Gasteiger charge is -2.29. The third kappa shape index (κ3) is 5.26. The molecule has 0 aliphatic carbocycles. The van der Waals surface area contributed by atoms with E-state index in [4.69, 9.17) is 15.5 Å². The Bertz CT molecular complexity index is 1480. The lowest BCUT2D eigenvalue weighted by molar-refractivity contribution is -0.119. The maximum Gasteiger partial charge on any atom is 0.237 e. The second kappa shape index (κ2) is 11.3. The zero-order chi connectivity index (χ0) is 26.4. The number of halogens is 1. The van der Waals surface area contributed by atoms with Crippen molar-refractivity contribution >= 4 is 17.9 Å². The summed E-state index contributed by atoms with van der Waals surface area (Å²) in [6, 6.07) is 11.4. The number of carbonyl (C=O) groups excluding carboxylic acids is 1. The molecule has 1 atom stereocenters. The third-order valence-electron chi connectivity index (χ3n) is 5.89. The van der Waals surface area contributed by atoms with Crippen LogP contribution < -0.4 is 10.5 Å². The number of amides is 1. The summed E-state index contributed by atoms with van der Waals surface area (Å²) in [5.41, 5.74) is 8.43. The van der Waals surface area contributed by atoms with Gasteiger partial charge < -0.3 is 15.4 Å². The SMILES string of the molecule is C=CC.N#Cc1cccnc1Oc1ccc(-c2nc(C3CCCN(C=O)C3)c3ccnc(N)n23)cc1F. The zero-order valence-corrected chi connectivity index (χ0v) is 20.3. The molecule has 5 rings (SSSR count). The van der Waals surface area contributed by atoms with E-state index in [0.717, 1.165) is 37.0 Å². The minimum absolute atomic E-state index is 0.0238. The van der Waals surface area contributed by atoms with Gasteiger partial charge in [0.25, 0.3) is 0 Å². The number of allylic oxidation sites excluding steroid dienone is 1. The summed E-state index contributed by atoms with van der Waals surface area (Å²) in [5, 5.41) is 9.21. The van der Waals surface area contributed by atoms with Crippen LogP contribution in [0.2, 0.25) is 0 Å². The van der Waals surface area contributed by atoms with Crippen molar-refractivity contribution in [3.63, 3.8) is 0 Å². The lowest BCUT2D eigenvalue weighted by Crippen LogP contribution is -2.33. The van der Waals surface area contributed by atoms with Crippen LogP contribution in [-0.4, -0.2) is 43.8 Å². The third-order valence-corrected chi connectivity index (χ3v) is 5.89. The molecule has 9 nitrogen and oxygen atoms in total. The Morgan fingerprint density at radius 1 is 1.27 bits per heavy atom. The Hall–Kier alpha value is -4.78. The molecule has 1 aliphatic heterocycles. The fourth-order valence-electron chi connectivity index (χ4n) is 4.29. The first-order valence-corrected chi connectivity index (χ1v) is 11.7. The summed E-state index contributed by atoms with van der Waals surface area (Å²) in [7, 11) is 0. The van der Waals surface area contributed by atoms with Crippen LogP contribution in [-0.2, 0) is 4.79 Å². The summed E-state index contributed by atoms with van der Waals surface area (Å²) >= 11 is 0. The standard InChI is InChI=1S/C24H20FN7O2.C3H6/c25-18-11-15(5-6-20(18)34-23-16(12-26)3-1-8-28-23)22-30-21(17-4-2-10-31(13-17)14-33)19-7-9-29-24(27)32(19)22;1-3-2/h1,3,5-9,11,14,17H,2,4,10,13H2,(H2,27,29);3H,1H2,2H3. The number of nitrogens with zero attached hydrogens (tertiary/aromatic N) is 6. The topological polar surface area (TPSA) is 122 Å². The largest absolute Gasteiger partial charge is 0.435 e. The smallest absolute Gasteiger partial charge is 0.237 e. The summed E-state index contributed by atoms with van der Waals surface area (Å²) in [5.74, 6) is 0.0147. The number of rotatable bonds is 5. The van der Waals surface area contributed by atoms with Gasteiger partial charge in [-0.05, 0) is 56.2 Å². The highest BCUT2D eigenvalue weighted by Gasteiger charge is 2.27. The van der Waals surface area contributed by atoms with Crippen LogP contribution in [0.3, 0.4) is 0 Å². The number of benzene rings is 1. The number of pyridine rings is 1. The maximum atomic E-state index is 15.1. The number of ether oxygens (including phenoxy) is 1. The number of nitrogen functional groups attached to an aromatic ring is 1. The highest BCUT2D eigenvalue weighted by Crippen LogP contribution is 2.35. The van der Waals surface area contributed by atoms with E-state index >= 15 is 4.39 Å². The lowest BCUT2D eigenvalue weighted by atomic mass is 9.94. The molecule has 1 fully saturated rings. The molecule has 10 heteroatoms. The van der Waals surface area contributed by atoms with Gasteiger partial charge >= 0.3 is 0 Å². The molecule has 1 unspecified atom stereocenters. The first-order valence-electron chi connectivity index (χ1n) is 11.7. The van der Waals surface area contributed by atoms with E-state index in [0.29, 0.717) is 17.9 Å². The summed E-state index contributed by atoms with van der Waals surface area (Å²) in [6.45, 7) is 6.53. The van der Waals surface area contributed by atoms with Gasteiger partial charge in [0.1, 0.15) is 17.5 Å². The number of hydrogen-bond donors (Lipinski definition) is 1. The van der Waals surface area contributed by atoms with Crippen LogP contribution >= 0.6 is 0 Å². The van der Waals surface area contributed by atoms with Crippen molar-refractivity contribution in [1.29, 1.82) is 5.26 Å². The van der Waals surface area contributed by atoms with E-state index in [1.165, 1.54) is 18.3 Å². The number of fused-ring (bicyclic) bond motifs is 1. The Kier molecular flexibility index (Phi) is 7.74. The molecule has 1 amide bonds. The maximum absolute atomic E-state index is 15.1. The highest BCUT2D eigenvalue weighted by atomic mass is 19.1. The zero-order valence-electron chi connectivity index (χ0n) is 20.3. The van der Waals surface area contributed by atoms with Gasteiger partial charge in [-0.25, -0.2) is 19.3 Å². The van der Waals surface area contributed by atoms with Crippen LogP contribution in [0.15, 0.2) is 61.4 Å². The normalized spacial score (nSPS) is 14.8. The van der Waals surface area contributed by atoms with Gasteiger partial charge in [0.2, 0.25) is 18.2 Å². The second-order valence-corrected chi connectivity index (χ2v) is 8.41. The summed E-state index contributed by atoms with van der Waals surface area (Å²) in [6.07, 6.45) is 7.43. The predicted octanol–water partition coefficient (Wildman–Crippen LogP) is 4.70. The molecular formula is C27H26FN7O2. The van der Waals surface area contributed by atoms with Crippen LogP contribution in [0.25, 0.3) is 16.9 Å². The monoisotopic (exact) mass is 499 g/mol. The number of nitrogens with two attached hydrogens (primary N) is 1. The van der Waals surface area contributed by atoms with Gasteiger partial charge in [-0.3, -0.25) is 9.20 Å². The van der Waals surface area contributed by atoms with E-state index in [2.05, 4.69) is 16.5 Å². The molecule has 4 aromatic rings. The van der Waals surface area contributed by atoms with Crippen molar-refractivity contribution in [3.05, 3.63) is 78.5 Å². The average molecular weight is 500 g/mol. The minimum Gasteiger partial charge on any atom is -0.435 e. The van der Waals surface area contributed by atoms with Crippen molar-refractivity contribution in [2.45, 2.75) is 25.7 Å². The molecule has 37 heavy (non-hydrogen) atoms. The molecule has 188 valence electrons. The van der Waals surface area contributed by atoms with Gasteiger partial charge in [0.15, 0.2) is 11.6 Å². The fraction of sp³-hybridized carbons (Fsp3) is 0.222. The van der Waals surface area contributed by atoms with Crippen LogP contribution in [0.4, 0.5) is 10.3 Å². The Balaban J connectivity index is 0.00000102. The number of hydrogen-bond acceptors (Lipinski definition) is 7. The molecule has 1 saturated heterocycles. The first-order chi connectivity index (χ1) is 18.0. The molecule has 4 heterocycles. The van der Waals surface area contributed by atoms with Crippen molar-refractivity contribution in [3.8, 4) is 29.1 Å². The molecule has 0 radical (unpaired) electrons. The number of carbonyl (C=O) groups is 1. The number of aromatic nitrogens is 4. The van der Waals surface area contributed by atoms with E-state index in [9.17, 15) is 10.1 Å². The molecule has 1 aliphatic rings. The number of piperidine rings is 1. The predicted molar refractivity (Wildman–Crippen MR) is 137 cm³/mol. The molecule has 0 bridgehead atoms. The van der Waals surface area contributed by atoms with Gasteiger partial charge in [0.05, 0.1) is 11.2 Å². The Morgan fingerprint density at radius 3 is 2.81 bits per heavy atom. The van der Waals surface area contributed by atoms with Gasteiger partial charge in [0, 0.05) is 37.0 Å². The molecule has 1 aromatic carbocycles. The summed E-state index contributed by atoms with van der Waals surface area (Å²) in [4.78, 5) is 26.1. The number of nitriles is 1. The van der Waals surface area contributed by atoms with Crippen LogP contribution in [0.1, 0.15) is 36.9 Å². The van der Waals surface area contributed by atoms with E-state index in [1.54, 1.807) is 39.8 Å². The van der Waals surface area contributed by atoms with Crippen molar-refractivity contribution in [2.24, 2.45) is 0 Å². The Morgan fingerprint density at radius 2 is 2.08 bits per heavy atom. The van der Waals surface area contributed by atoms with E-state index < -0.39 is 5.82 Å². The minimum atomic E-state index is -0.641. The Labute approximate surface area is 213 Å². The number of imidazole rings is 1. The van der Waals surface area contributed by atoms with Gasteiger partial charge in [-0.1, -0.05) is 6.08 Å². The van der Waals surface area contributed by atoms with E-state index in [1.807, 2.05) is 19.1 Å².